The first-order valence-electron chi connectivity index (χ1n) is 6.51. The Morgan fingerprint density at radius 2 is 1.71 bits per heavy atom. The fourth-order valence-electron chi connectivity index (χ4n) is 1.98. The zero-order chi connectivity index (χ0) is 16.0. The van der Waals surface area contributed by atoms with Crippen LogP contribution >= 0.6 is 0 Å². The number of ether oxygens (including phenoxy) is 2. The Kier molecular flexibility index (Phi) is 5.83. The lowest BCUT2D eigenvalue weighted by Crippen LogP contribution is -2.27. The first kappa shape index (κ1) is 16.6. The number of nitrogens with zero attached hydrogens (tertiary/aromatic N) is 1. The van der Waals surface area contributed by atoms with Gasteiger partial charge in [-0.25, -0.2) is 0 Å². The number of aryl methyl sites for hydroxylation is 1. The molecule has 1 rings (SSSR count). The highest BCUT2D eigenvalue weighted by atomic mass is 16.6. The first-order chi connectivity index (χ1) is 9.93. The highest BCUT2D eigenvalue weighted by molar-refractivity contribution is 6.02. The van der Waals surface area contributed by atoms with Crippen molar-refractivity contribution >= 4 is 17.6 Å². The Morgan fingerprint density at radius 1 is 1.19 bits per heavy atom. The molecule has 7 heteroatoms. The molecular weight excluding hydrogens is 278 g/mol. The lowest BCUT2D eigenvalue weighted by atomic mass is 9.93. The van der Waals surface area contributed by atoms with Crippen molar-refractivity contribution in [1.82, 2.24) is 0 Å². The minimum atomic E-state index is -1.45. The molecule has 0 saturated carbocycles. The maximum Gasteiger partial charge on any atom is 0.325 e. The average molecular weight is 295 g/mol. The SMILES string of the molecule is CCOC(=O)C(C(=O)OCC)c1c(C)cccc1[N+](=O)[O-]. The zero-order valence-electron chi connectivity index (χ0n) is 12.1. The Morgan fingerprint density at radius 3 is 2.14 bits per heavy atom. The third kappa shape index (κ3) is 3.77. The molecule has 0 amide bonds. The van der Waals surface area contributed by atoms with Crippen molar-refractivity contribution in [3.63, 3.8) is 0 Å². The number of carbonyl (C=O) groups excluding carboxylic acids is 2. The van der Waals surface area contributed by atoms with Crippen LogP contribution in [0.1, 0.15) is 30.9 Å². The maximum absolute atomic E-state index is 12.0. The van der Waals surface area contributed by atoms with Crippen LogP contribution in [0.4, 0.5) is 5.69 Å². The summed E-state index contributed by atoms with van der Waals surface area (Å²) in [7, 11) is 0. The van der Waals surface area contributed by atoms with Crippen molar-refractivity contribution < 1.29 is 24.0 Å². The van der Waals surface area contributed by atoms with Gasteiger partial charge in [0.05, 0.1) is 23.7 Å². The van der Waals surface area contributed by atoms with Crippen molar-refractivity contribution in [2.24, 2.45) is 0 Å². The number of nitro groups is 1. The molecule has 0 aliphatic carbocycles. The molecule has 0 bridgehead atoms. The van der Waals surface area contributed by atoms with Crippen molar-refractivity contribution in [1.29, 1.82) is 0 Å². The van der Waals surface area contributed by atoms with E-state index >= 15 is 0 Å². The van der Waals surface area contributed by atoms with Gasteiger partial charge in [0.1, 0.15) is 0 Å². The second kappa shape index (κ2) is 7.37. The van der Waals surface area contributed by atoms with E-state index in [1.165, 1.54) is 12.1 Å². The van der Waals surface area contributed by atoms with Gasteiger partial charge in [-0.05, 0) is 26.3 Å². The van der Waals surface area contributed by atoms with E-state index in [-0.39, 0.29) is 24.5 Å². The molecule has 0 unspecified atom stereocenters. The molecule has 0 heterocycles. The minimum Gasteiger partial charge on any atom is -0.465 e. The predicted molar refractivity (Wildman–Crippen MR) is 73.8 cm³/mol. The van der Waals surface area contributed by atoms with Gasteiger partial charge in [0.15, 0.2) is 5.92 Å². The lowest BCUT2D eigenvalue weighted by Gasteiger charge is -2.16. The molecule has 0 aromatic heterocycles. The molecular formula is C14H17NO6. The van der Waals surface area contributed by atoms with Crippen LogP contribution in [-0.4, -0.2) is 30.1 Å². The fourth-order valence-corrected chi connectivity index (χ4v) is 1.98. The summed E-state index contributed by atoms with van der Waals surface area (Å²) in [4.78, 5) is 34.6. The summed E-state index contributed by atoms with van der Waals surface area (Å²) >= 11 is 0. The van der Waals surface area contributed by atoms with E-state index in [1.807, 2.05) is 0 Å². The standard InChI is InChI=1S/C14H17NO6/c1-4-20-13(16)12(14(17)21-5-2)11-9(3)7-6-8-10(11)15(18)19/h6-8,12H,4-5H2,1-3H3. The molecule has 1 aromatic rings. The third-order valence-electron chi connectivity index (χ3n) is 2.83. The van der Waals surface area contributed by atoms with E-state index in [2.05, 4.69) is 0 Å². The van der Waals surface area contributed by atoms with E-state index in [1.54, 1.807) is 26.8 Å². The summed E-state index contributed by atoms with van der Waals surface area (Å²) in [5.41, 5.74) is 0.163. The molecule has 0 saturated heterocycles. The summed E-state index contributed by atoms with van der Waals surface area (Å²) in [5, 5.41) is 11.1. The second-order valence-corrected chi connectivity index (χ2v) is 4.20. The molecule has 1 aromatic carbocycles. The number of hydrogen-bond acceptors (Lipinski definition) is 6. The number of nitro benzene ring substituents is 1. The number of rotatable bonds is 6. The van der Waals surface area contributed by atoms with Gasteiger partial charge in [-0.3, -0.25) is 19.7 Å². The van der Waals surface area contributed by atoms with Crippen LogP contribution in [0.25, 0.3) is 0 Å². The highest BCUT2D eigenvalue weighted by Gasteiger charge is 2.37. The topological polar surface area (TPSA) is 95.7 Å². The van der Waals surface area contributed by atoms with Gasteiger partial charge in [-0.1, -0.05) is 12.1 Å². The maximum atomic E-state index is 12.0. The molecule has 7 nitrogen and oxygen atoms in total. The number of benzene rings is 1. The Bertz CT molecular complexity index is 536. The van der Waals surface area contributed by atoms with Gasteiger partial charge < -0.3 is 9.47 Å². The van der Waals surface area contributed by atoms with Crippen LogP contribution in [0.5, 0.6) is 0 Å². The molecule has 0 spiro atoms. The Labute approximate surface area is 122 Å². The van der Waals surface area contributed by atoms with Crippen LogP contribution in [0.2, 0.25) is 0 Å². The normalized spacial score (nSPS) is 10.3. The molecule has 114 valence electrons. The predicted octanol–water partition coefficient (Wildman–Crippen LogP) is 2.11. The van der Waals surface area contributed by atoms with Crippen LogP contribution in [-0.2, 0) is 19.1 Å². The van der Waals surface area contributed by atoms with Crippen molar-refractivity contribution in [2.45, 2.75) is 26.7 Å². The zero-order valence-corrected chi connectivity index (χ0v) is 12.1. The molecule has 0 aliphatic rings. The lowest BCUT2D eigenvalue weighted by molar-refractivity contribution is -0.385. The van der Waals surface area contributed by atoms with Crippen LogP contribution in [0, 0.1) is 17.0 Å². The molecule has 0 N–H and O–H groups in total. The second-order valence-electron chi connectivity index (χ2n) is 4.20. The molecule has 0 radical (unpaired) electrons. The van der Waals surface area contributed by atoms with Gasteiger partial charge in [-0.15, -0.1) is 0 Å². The van der Waals surface area contributed by atoms with E-state index in [0.717, 1.165) is 0 Å². The monoisotopic (exact) mass is 295 g/mol. The number of hydrogen-bond donors (Lipinski definition) is 0. The van der Waals surface area contributed by atoms with Gasteiger partial charge in [-0.2, -0.15) is 0 Å². The van der Waals surface area contributed by atoms with Gasteiger partial charge >= 0.3 is 11.9 Å². The van der Waals surface area contributed by atoms with Crippen molar-refractivity contribution in [3.05, 3.63) is 39.4 Å². The molecule has 0 fully saturated rings. The van der Waals surface area contributed by atoms with Crippen molar-refractivity contribution in [2.75, 3.05) is 13.2 Å². The molecule has 0 atom stereocenters. The third-order valence-corrected chi connectivity index (χ3v) is 2.83. The quantitative estimate of drug-likeness (QED) is 0.345. The summed E-state index contributed by atoms with van der Waals surface area (Å²) in [6, 6.07) is 4.33. The fraction of sp³-hybridized carbons (Fsp3) is 0.429. The van der Waals surface area contributed by atoms with E-state index in [9.17, 15) is 19.7 Å². The van der Waals surface area contributed by atoms with Gasteiger partial charge in [0.2, 0.25) is 0 Å². The Hall–Kier alpha value is -2.44. The summed E-state index contributed by atoms with van der Waals surface area (Å²) < 4.78 is 9.71. The largest absolute Gasteiger partial charge is 0.465 e. The molecule has 0 aliphatic heterocycles. The van der Waals surface area contributed by atoms with Gasteiger partial charge in [0, 0.05) is 6.07 Å². The average Bonchev–Trinajstić information content (AvgIpc) is 2.41. The summed E-state index contributed by atoms with van der Waals surface area (Å²) in [5.74, 6) is -3.16. The van der Waals surface area contributed by atoms with E-state index in [4.69, 9.17) is 9.47 Å². The highest BCUT2D eigenvalue weighted by Crippen LogP contribution is 2.31. The Balaban J connectivity index is 3.42. The number of carbonyl (C=O) groups is 2. The van der Waals surface area contributed by atoms with E-state index in [0.29, 0.717) is 5.56 Å². The minimum absolute atomic E-state index is 0.0133. The van der Waals surface area contributed by atoms with Crippen LogP contribution in [0.3, 0.4) is 0 Å². The smallest absolute Gasteiger partial charge is 0.325 e. The first-order valence-corrected chi connectivity index (χ1v) is 6.51. The summed E-state index contributed by atoms with van der Waals surface area (Å²) in [6.45, 7) is 4.90. The molecule has 21 heavy (non-hydrogen) atoms. The van der Waals surface area contributed by atoms with Gasteiger partial charge in [0.25, 0.3) is 5.69 Å². The number of esters is 2. The summed E-state index contributed by atoms with van der Waals surface area (Å²) in [6.07, 6.45) is 0. The van der Waals surface area contributed by atoms with Crippen LogP contribution in [0.15, 0.2) is 18.2 Å². The van der Waals surface area contributed by atoms with Crippen molar-refractivity contribution in [3.8, 4) is 0 Å². The van der Waals surface area contributed by atoms with E-state index < -0.39 is 22.8 Å². The van der Waals surface area contributed by atoms with Crippen LogP contribution < -0.4 is 0 Å².